The van der Waals surface area contributed by atoms with Crippen molar-refractivity contribution in [2.24, 2.45) is 0 Å². The molecule has 0 saturated carbocycles. The van der Waals surface area contributed by atoms with Crippen molar-refractivity contribution in [2.45, 2.75) is 25.2 Å². The van der Waals surface area contributed by atoms with Crippen LogP contribution in [0, 0.1) is 6.61 Å². The molecule has 1 unspecified atom stereocenters. The van der Waals surface area contributed by atoms with Crippen molar-refractivity contribution in [1.82, 2.24) is 0 Å². The molecule has 0 saturated heterocycles. The second kappa shape index (κ2) is 4.86. The van der Waals surface area contributed by atoms with Crippen molar-refractivity contribution in [3.63, 3.8) is 0 Å². The number of benzene rings is 2. The molecule has 0 amide bonds. The van der Waals surface area contributed by atoms with E-state index >= 15 is 0 Å². The maximum atomic E-state index is 5.70. The average Bonchev–Trinajstić information content (AvgIpc) is 2.54. The van der Waals surface area contributed by atoms with Crippen LogP contribution >= 0.6 is 0 Å². The number of anilines is 1. The highest BCUT2D eigenvalue weighted by atomic mass is 16.5. The zero-order valence-electron chi connectivity index (χ0n) is 11.4. The summed E-state index contributed by atoms with van der Waals surface area (Å²) in [5.41, 5.74) is 5.31. The number of fused-ring (bicyclic) bond motifs is 2. The third kappa shape index (κ3) is 1.96. The lowest BCUT2D eigenvalue weighted by Gasteiger charge is -2.28. The van der Waals surface area contributed by atoms with E-state index in [-0.39, 0.29) is 5.92 Å². The second-order valence-electron chi connectivity index (χ2n) is 5.50. The highest BCUT2D eigenvalue weighted by Gasteiger charge is 2.26. The Bertz CT molecular complexity index is 635. The SMILES string of the molecule is [C]1Oc2ccccc2CC1c1cccc2c1NCCC2. The molecule has 100 valence electrons. The Morgan fingerprint density at radius 3 is 2.95 bits per heavy atom. The summed E-state index contributed by atoms with van der Waals surface area (Å²) in [5, 5.41) is 3.56. The van der Waals surface area contributed by atoms with Crippen LogP contribution in [0.5, 0.6) is 5.75 Å². The summed E-state index contributed by atoms with van der Waals surface area (Å²) in [7, 11) is 0. The van der Waals surface area contributed by atoms with Gasteiger partial charge in [0.2, 0.25) is 6.61 Å². The molecular formula is C18H17NO. The summed E-state index contributed by atoms with van der Waals surface area (Å²) in [6, 6.07) is 14.8. The third-order valence-corrected chi connectivity index (χ3v) is 4.19. The van der Waals surface area contributed by atoms with Crippen LogP contribution in [0.1, 0.15) is 29.0 Å². The number of hydrogen-bond donors (Lipinski definition) is 1. The summed E-state index contributed by atoms with van der Waals surface area (Å²) < 4.78 is 5.70. The molecule has 0 bridgehead atoms. The first-order valence-corrected chi connectivity index (χ1v) is 7.28. The van der Waals surface area contributed by atoms with Gasteiger partial charge >= 0.3 is 0 Å². The molecule has 4 rings (SSSR count). The van der Waals surface area contributed by atoms with Gasteiger partial charge in [-0.3, -0.25) is 0 Å². The van der Waals surface area contributed by atoms with Gasteiger partial charge in [0, 0.05) is 18.2 Å². The van der Waals surface area contributed by atoms with Gasteiger partial charge in [0.25, 0.3) is 0 Å². The Hall–Kier alpha value is -1.96. The number of nitrogens with one attached hydrogen (secondary N) is 1. The minimum Gasteiger partial charge on any atom is -0.477 e. The van der Waals surface area contributed by atoms with Crippen molar-refractivity contribution in [1.29, 1.82) is 0 Å². The zero-order chi connectivity index (χ0) is 13.4. The molecule has 0 spiro atoms. The van der Waals surface area contributed by atoms with Gasteiger partial charge in [0.1, 0.15) is 5.75 Å². The van der Waals surface area contributed by atoms with Crippen molar-refractivity contribution < 1.29 is 4.74 Å². The van der Waals surface area contributed by atoms with E-state index in [1.807, 2.05) is 12.1 Å². The molecule has 2 nitrogen and oxygen atoms in total. The highest BCUT2D eigenvalue weighted by Crippen LogP contribution is 2.39. The first-order chi connectivity index (χ1) is 9.92. The van der Waals surface area contributed by atoms with Crippen molar-refractivity contribution in [3.8, 4) is 5.75 Å². The summed E-state index contributed by atoms with van der Waals surface area (Å²) in [6.07, 6.45) is 3.35. The van der Waals surface area contributed by atoms with Gasteiger partial charge in [-0.05, 0) is 42.0 Å². The summed E-state index contributed by atoms with van der Waals surface area (Å²) >= 11 is 0. The molecule has 2 aliphatic rings. The lowest BCUT2D eigenvalue weighted by Crippen LogP contribution is -2.19. The number of aryl methyl sites for hydroxylation is 1. The van der Waals surface area contributed by atoms with Gasteiger partial charge in [-0.15, -0.1) is 0 Å². The molecule has 2 heterocycles. The number of rotatable bonds is 1. The minimum atomic E-state index is 0.213. The molecule has 1 N–H and O–H groups in total. The number of para-hydroxylation sites is 2. The van der Waals surface area contributed by atoms with Crippen molar-refractivity contribution in [2.75, 3.05) is 11.9 Å². The fourth-order valence-corrected chi connectivity index (χ4v) is 3.17. The topological polar surface area (TPSA) is 21.3 Å². The number of ether oxygens (including phenoxy) is 1. The normalized spacial score (nSPS) is 20.3. The fraction of sp³-hybridized carbons (Fsp3) is 0.278. The van der Waals surface area contributed by atoms with Crippen LogP contribution < -0.4 is 10.1 Å². The summed E-state index contributed by atoms with van der Waals surface area (Å²) in [6.45, 7) is 4.27. The molecule has 20 heavy (non-hydrogen) atoms. The van der Waals surface area contributed by atoms with Gasteiger partial charge in [-0.25, -0.2) is 0 Å². The van der Waals surface area contributed by atoms with E-state index in [4.69, 9.17) is 4.74 Å². The Morgan fingerprint density at radius 2 is 1.95 bits per heavy atom. The highest BCUT2D eigenvalue weighted by molar-refractivity contribution is 5.61. The average molecular weight is 263 g/mol. The molecule has 1 atom stereocenters. The van der Waals surface area contributed by atoms with Crippen LogP contribution in [-0.4, -0.2) is 6.54 Å². The molecule has 0 aromatic heterocycles. The third-order valence-electron chi connectivity index (χ3n) is 4.19. The predicted molar refractivity (Wildman–Crippen MR) is 80.0 cm³/mol. The quantitative estimate of drug-likeness (QED) is 0.845. The fourth-order valence-electron chi connectivity index (χ4n) is 3.17. The van der Waals surface area contributed by atoms with Gasteiger partial charge in [-0.1, -0.05) is 36.4 Å². The molecule has 0 fully saturated rings. The van der Waals surface area contributed by atoms with Crippen LogP contribution in [0.25, 0.3) is 0 Å². The largest absolute Gasteiger partial charge is 0.477 e. The Balaban J connectivity index is 1.70. The monoisotopic (exact) mass is 263 g/mol. The molecule has 2 radical (unpaired) electrons. The lowest BCUT2D eigenvalue weighted by atomic mass is 9.86. The van der Waals surface area contributed by atoms with E-state index in [2.05, 4.69) is 42.3 Å². The maximum absolute atomic E-state index is 5.70. The molecular weight excluding hydrogens is 246 g/mol. The summed E-state index contributed by atoms with van der Waals surface area (Å²) in [4.78, 5) is 0. The standard InChI is InChI=1S/C18H17NO/c1-2-9-17-14(5-1)11-15(12-20-17)16-8-3-6-13-7-4-10-19-18(13)16/h1-3,5-6,8-9,15,19H,4,7,10-11H2. The first-order valence-electron chi connectivity index (χ1n) is 7.28. The smallest absolute Gasteiger partial charge is 0.204 e. The Kier molecular flexibility index (Phi) is 2.87. The van der Waals surface area contributed by atoms with Gasteiger partial charge in [0.15, 0.2) is 0 Å². The van der Waals surface area contributed by atoms with E-state index in [1.54, 1.807) is 0 Å². The molecule has 2 heteroatoms. The van der Waals surface area contributed by atoms with Gasteiger partial charge in [0.05, 0.1) is 0 Å². The van der Waals surface area contributed by atoms with E-state index in [1.165, 1.54) is 35.2 Å². The Labute approximate surface area is 119 Å². The van der Waals surface area contributed by atoms with E-state index in [0.717, 1.165) is 18.7 Å². The lowest BCUT2D eigenvalue weighted by molar-refractivity contribution is 0.341. The van der Waals surface area contributed by atoms with Crippen LogP contribution in [0.2, 0.25) is 0 Å². The zero-order valence-corrected chi connectivity index (χ0v) is 11.4. The number of hydrogen-bond acceptors (Lipinski definition) is 2. The molecule has 2 aliphatic heterocycles. The van der Waals surface area contributed by atoms with Crippen LogP contribution in [0.15, 0.2) is 42.5 Å². The minimum absolute atomic E-state index is 0.213. The molecule has 2 aromatic rings. The van der Waals surface area contributed by atoms with Crippen molar-refractivity contribution in [3.05, 3.63) is 65.8 Å². The molecule has 0 aliphatic carbocycles. The van der Waals surface area contributed by atoms with Gasteiger partial charge in [-0.2, -0.15) is 0 Å². The predicted octanol–water partition coefficient (Wildman–Crippen LogP) is 3.80. The maximum Gasteiger partial charge on any atom is 0.204 e. The summed E-state index contributed by atoms with van der Waals surface area (Å²) in [5.74, 6) is 1.16. The molecule has 2 aromatic carbocycles. The van der Waals surface area contributed by atoms with Gasteiger partial charge < -0.3 is 10.1 Å². The van der Waals surface area contributed by atoms with Crippen LogP contribution in [-0.2, 0) is 12.8 Å². The van der Waals surface area contributed by atoms with E-state index in [0.29, 0.717) is 0 Å². The van der Waals surface area contributed by atoms with Crippen molar-refractivity contribution >= 4 is 5.69 Å². The Morgan fingerprint density at radius 1 is 1.05 bits per heavy atom. The van der Waals surface area contributed by atoms with E-state index in [9.17, 15) is 0 Å². The second-order valence-corrected chi connectivity index (χ2v) is 5.50. The first kappa shape index (κ1) is 11.8. The van der Waals surface area contributed by atoms with E-state index < -0.39 is 0 Å². The van der Waals surface area contributed by atoms with Crippen LogP contribution in [0.3, 0.4) is 0 Å². The van der Waals surface area contributed by atoms with Crippen LogP contribution in [0.4, 0.5) is 5.69 Å².